The second-order valence-electron chi connectivity index (χ2n) is 5.65. The third-order valence-electron chi connectivity index (χ3n) is 3.97. The third kappa shape index (κ3) is 4.73. The minimum Gasteiger partial charge on any atom is -0.490 e. The Balaban J connectivity index is 2.40. The van der Waals surface area contributed by atoms with E-state index < -0.39 is 0 Å². The number of H-pyrrole nitrogens is 1. The largest absolute Gasteiger partial charge is 0.490 e. The number of rotatable bonds is 9. The fourth-order valence-corrected chi connectivity index (χ4v) is 3.43. The van der Waals surface area contributed by atoms with E-state index in [2.05, 4.69) is 45.1 Å². The minimum atomic E-state index is 0.311. The van der Waals surface area contributed by atoms with Crippen LogP contribution in [0, 0.1) is 4.77 Å². The predicted molar refractivity (Wildman–Crippen MR) is 110 cm³/mol. The Labute approximate surface area is 167 Å². The summed E-state index contributed by atoms with van der Waals surface area (Å²) in [5.74, 6) is 2.54. The summed E-state index contributed by atoms with van der Waals surface area (Å²) in [6.45, 7) is 9.28. The highest BCUT2D eigenvalue weighted by Gasteiger charge is 2.15. The maximum atomic E-state index is 5.71. The molecule has 26 heavy (non-hydrogen) atoms. The van der Waals surface area contributed by atoms with Gasteiger partial charge in [-0.05, 0) is 72.5 Å². The van der Waals surface area contributed by atoms with E-state index in [-0.39, 0.29) is 0 Å². The van der Waals surface area contributed by atoms with Crippen molar-refractivity contribution in [2.45, 2.75) is 46.5 Å². The van der Waals surface area contributed by atoms with Gasteiger partial charge in [0, 0.05) is 5.92 Å². The minimum absolute atomic E-state index is 0.311. The maximum Gasteiger partial charge on any atom is 0.216 e. The van der Waals surface area contributed by atoms with Crippen LogP contribution in [0.2, 0.25) is 0 Å². The molecule has 0 aliphatic carbocycles. The number of ether oxygens (including phenoxy) is 2. The molecule has 0 amide bonds. The Kier molecular flexibility index (Phi) is 7.84. The van der Waals surface area contributed by atoms with Crippen molar-refractivity contribution in [1.29, 1.82) is 0 Å². The van der Waals surface area contributed by atoms with E-state index in [0.717, 1.165) is 28.7 Å². The molecule has 142 valence electrons. The van der Waals surface area contributed by atoms with Gasteiger partial charge in [-0.3, -0.25) is 5.10 Å². The van der Waals surface area contributed by atoms with Crippen LogP contribution in [0.3, 0.4) is 0 Å². The second kappa shape index (κ2) is 9.87. The van der Waals surface area contributed by atoms with E-state index in [4.69, 9.17) is 21.7 Å². The molecule has 1 aromatic carbocycles. The van der Waals surface area contributed by atoms with E-state index in [1.807, 2.05) is 26.0 Å². The van der Waals surface area contributed by atoms with Crippen LogP contribution in [0.5, 0.6) is 11.5 Å². The predicted octanol–water partition coefficient (Wildman–Crippen LogP) is 5.29. The first-order valence-electron chi connectivity index (χ1n) is 8.86. The van der Waals surface area contributed by atoms with Gasteiger partial charge in [0.1, 0.15) is 0 Å². The van der Waals surface area contributed by atoms with Crippen molar-refractivity contribution in [2.24, 2.45) is 5.10 Å². The van der Waals surface area contributed by atoms with Gasteiger partial charge in [0.2, 0.25) is 4.77 Å². The first-order valence-corrected chi connectivity index (χ1v) is 10.1. The number of halogens is 1. The Morgan fingerprint density at radius 2 is 1.92 bits per heavy atom. The fourth-order valence-electron chi connectivity index (χ4n) is 2.67. The van der Waals surface area contributed by atoms with Crippen LogP contribution in [-0.4, -0.2) is 34.3 Å². The van der Waals surface area contributed by atoms with Crippen LogP contribution in [0.4, 0.5) is 0 Å². The zero-order valence-corrected chi connectivity index (χ0v) is 18.0. The SMILES string of the molecule is CCOc1cc(/C=N\n2c(C(CC)CC)n[nH]c2=S)cc(Br)c1OCC. The highest BCUT2D eigenvalue weighted by molar-refractivity contribution is 9.10. The number of aromatic amines is 1. The average Bonchev–Trinajstić information content (AvgIpc) is 2.98. The Morgan fingerprint density at radius 3 is 2.54 bits per heavy atom. The first-order chi connectivity index (χ1) is 12.5. The van der Waals surface area contributed by atoms with Crippen LogP contribution in [0.1, 0.15) is 57.8 Å². The van der Waals surface area contributed by atoms with Gasteiger partial charge in [0.05, 0.1) is 23.9 Å². The van der Waals surface area contributed by atoms with E-state index >= 15 is 0 Å². The zero-order chi connectivity index (χ0) is 19.1. The molecule has 0 radical (unpaired) electrons. The molecule has 0 fully saturated rings. The van der Waals surface area contributed by atoms with Crippen LogP contribution in [0.25, 0.3) is 0 Å². The van der Waals surface area contributed by atoms with Gasteiger partial charge < -0.3 is 9.47 Å². The fraction of sp³-hybridized carbons (Fsp3) is 0.500. The van der Waals surface area contributed by atoms with Crippen LogP contribution in [-0.2, 0) is 0 Å². The van der Waals surface area contributed by atoms with Gasteiger partial charge in [-0.25, -0.2) is 0 Å². The third-order valence-corrected chi connectivity index (χ3v) is 4.82. The number of benzene rings is 1. The lowest BCUT2D eigenvalue weighted by Crippen LogP contribution is -2.05. The second-order valence-corrected chi connectivity index (χ2v) is 6.89. The summed E-state index contributed by atoms with van der Waals surface area (Å²) in [6, 6.07) is 3.85. The van der Waals surface area contributed by atoms with Crippen molar-refractivity contribution in [1.82, 2.24) is 14.9 Å². The Bertz CT molecular complexity index is 812. The number of aromatic nitrogens is 3. The monoisotopic (exact) mass is 440 g/mol. The Morgan fingerprint density at radius 1 is 1.23 bits per heavy atom. The summed E-state index contributed by atoms with van der Waals surface area (Å²) in [5.41, 5.74) is 0.877. The first kappa shape index (κ1) is 20.6. The molecular formula is C18H25BrN4O2S. The summed E-state index contributed by atoms with van der Waals surface area (Å²) < 4.78 is 14.4. The lowest BCUT2D eigenvalue weighted by Gasteiger charge is -2.13. The molecule has 0 aliphatic heterocycles. The quantitative estimate of drug-likeness (QED) is 0.425. The van der Waals surface area contributed by atoms with Gasteiger partial charge in [-0.15, -0.1) is 0 Å². The molecule has 6 nitrogen and oxygen atoms in total. The van der Waals surface area contributed by atoms with E-state index in [9.17, 15) is 0 Å². The van der Waals surface area contributed by atoms with Gasteiger partial charge >= 0.3 is 0 Å². The highest BCUT2D eigenvalue weighted by atomic mass is 79.9. The zero-order valence-electron chi connectivity index (χ0n) is 15.6. The molecule has 2 rings (SSSR count). The standard InChI is InChI=1S/C18H25BrN4O2S/c1-5-13(6-2)17-21-22-18(26)23(17)20-11-12-9-14(19)16(25-8-4)15(10-12)24-7-3/h9-11,13H,5-8H2,1-4H3,(H,22,26)/b20-11-. The molecule has 0 unspecified atom stereocenters. The van der Waals surface area contributed by atoms with E-state index in [1.54, 1.807) is 10.9 Å². The van der Waals surface area contributed by atoms with Crippen molar-refractivity contribution < 1.29 is 9.47 Å². The lowest BCUT2D eigenvalue weighted by molar-refractivity contribution is 0.286. The molecule has 0 bridgehead atoms. The summed E-state index contributed by atoms with van der Waals surface area (Å²) in [7, 11) is 0. The van der Waals surface area contributed by atoms with Crippen molar-refractivity contribution in [3.8, 4) is 11.5 Å². The van der Waals surface area contributed by atoms with Crippen LogP contribution in [0.15, 0.2) is 21.7 Å². The van der Waals surface area contributed by atoms with Crippen molar-refractivity contribution in [2.75, 3.05) is 13.2 Å². The normalized spacial score (nSPS) is 11.5. The van der Waals surface area contributed by atoms with Crippen molar-refractivity contribution >= 4 is 34.4 Å². The van der Waals surface area contributed by atoms with Gasteiger partial charge in [0.15, 0.2) is 17.3 Å². The maximum absolute atomic E-state index is 5.71. The van der Waals surface area contributed by atoms with Crippen molar-refractivity contribution in [3.05, 3.63) is 32.8 Å². The summed E-state index contributed by atoms with van der Waals surface area (Å²) in [5, 5.41) is 11.7. The number of nitrogens with zero attached hydrogens (tertiary/aromatic N) is 3. The number of hydrogen-bond acceptors (Lipinski definition) is 5. The Hall–Kier alpha value is -1.67. The molecule has 2 aromatic rings. The van der Waals surface area contributed by atoms with Crippen LogP contribution >= 0.6 is 28.1 Å². The molecule has 0 atom stereocenters. The van der Waals surface area contributed by atoms with Gasteiger partial charge in [-0.1, -0.05) is 13.8 Å². The molecule has 1 N–H and O–H groups in total. The molecule has 0 aliphatic rings. The van der Waals surface area contributed by atoms with Gasteiger partial charge in [0.25, 0.3) is 0 Å². The molecular weight excluding hydrogens is 416 g/mol. The number of nitrogens with one attached hydrogen (secondary N) is 1. The molecule has 1 heterocycles. The lowest BCUT2D eigenvalue weighted by atomic mass is 10.0. The van der Waals surface area contributed by atoms with Crippen LogP contribution < -0.4 is 9.47 Å². The molecule has 0 saturated heterocycles. The molecule has 0 saturated carbocycles. The van der Waals surface area contributed by atoms with E-state index in [1.165, 1.54) is 0 Å². The average molecular weight is 441 g/mol. The number of hydrogen-bond donors (Lipinski definition) is 1. The summed E-state index contributed by atoms with van der Waals surface area (Å²) in [4.78, 5) is 0. The molecule has 8 heteroatoms. The van der Waals surface area contributed by atoms with Gasteiger partial charge in [-0.2, -0.15) is 14.9 Å². The smallest absolute Gasteiger partial charge is 0.216 e. The summed E-state index contributed by atoms with van der Waals surface area (Å²) >= 11 is 8.88. The topological polar surface area (TPSA) is 64.4 Å². The molecule has 1 aromatic heterocycles. The van der Waals surface area contributed by atoms with E-state index in [0.29, 0.717) is 35.4 Å². The van der Waals surface area contributed by atoms with Crippen molar-refractivity contribution in [3.63, 3.8) is 0 Å². The molecule has 0 spiro atoms. The highest BCUT2D eigenvalue weighted by Crippen LogP contribution is 2.36. The summed E-state index contributed by atoms with van der Waals surface area (Å²) in [6.07, 6.45) is 3.71.